The van der Waals surface area contributed by atoms with Crippen LogP contribution in [0, 0.1) is 6.92 Å². The quantitative estimate of drug-likeness (QED) is 0.408. The van der Waals surface area contributed by atoms with Crippen molar-refractivity contribution in [2.75, 3.05) is 22.5 Å². The molecule has 4 aromatic rings. The highest BCUT2D eigenvalue weighted by atomic mass is 32.2. The number of anilines is 2. The van der Waals surface area contributed by atoms with Crippen LogP contribution < -0.4 is 10.2 Å². The second-order valence-corrected chi connectivity index (χ2v) is 8.73. The molecule has 160 valence electrons. The SMILES string of the molecule is CCN(c1ccc(NC(=O)CSc2nnc3cc(C)c4ccccc4n23)cc1)C(C)C. The van der Waals surface area contributed by atoms with Crippen LogP contribution in [0.1, 0.15) is 26.3 Å². The number of aryl methyl sites for hydroxylation is 1. The third-order valence-electron chi connectivity index (χ3n) is 5.35. The minimum absolute atomic E-state index is 0.0675. The fourth-order valence-electron chi connectivity index (χ4n) is 3.88. The molecule has 6 nitrogen and oxygen atoms in total. The lowest BCUT2D eigenvalue weighted by Crippen LogP contribution is -2.30. The Morgan fingerprint density at radius 1 is 1.13 bits per heavy atom. The second kappa shape index (κ2) is 8.98. The molecule has 0 aliphatic carbocycles. The molecule has 31 heavy (non-hydrogen) atoms. The average Bonchev–Trinajstić information content (AvgIpc) is 3.17. The van der Waals surface area contributed by atoms with Crippen LogP contribution in [-0.2, 0) is 4.79 Å². The zero-order chi connectivity index (χ0) is 22.0. The van der Waals surface area contributed by atoms with Crippen molar-refractivity contribution in [2.24, 2.45) is 0 Å². The molecule has 1 N–H and O–H groups in total. The van der Waals surface area contributed by atoms with Gasteiger partial charge in [-0.15, -0.1) is 10.2 Å². The van der Waals surface area contributed by atoms with Crippen molar-refractivity contribution in [1.29, 1.82) is 0 Å². The number of fused-ring (bicyclic) bond motifs is 3. The fraction of sp³-hybridized carbons (Fsp3) is 0.292. The molecule has 7 heteroatoms. The van der Waals surface area contributed by atoms with Gasteiger partial charge in [-0.2, -0.15) is 0 Å². The Hall–Kier alpha value is -3.06. The highest BCUT2D eigenvalue weighted by molar-refractivity contribution is 7.99. The topological polar surface area (TPSA) is 62.5 Å². The summed E-state index contributed by atoms with van der Waals surface area (Å²) in [6.07, 6.45) is 0. The van der Waals surface area contributed by atoms with E-state index in [0.29, 0.717) is 11.2 Å². The van der Waals surface area contributed by atoms with Crippen molar-refractivity contribution < 1.29 is 4.79 Å². The molecule has 2 heterocycles. The number of amides is 1. The van der Waals surface area contributed by atoms with Crippen LogP contribution in [0.3, 0.4) is 0 Å². The van der Waals surface area contributed by atoms with Crippen molar-refractivity contribution in [2.45, 2.75) is 38.9 Å². The van der Waals surface area contributed by atoms with Crippen LogP contribution in [0.5, 0.6) is 0 Å². The number of benzene rings is 2. The highest BCUT2D eigenvalue weighted by Gasteiger charge is 2.14. The number of hydrogen-bond acceptors (Lipinski definition) is 5. The molecule has 1 amide bonds. The molecule has 0 spiro atoms. The zero-order valence-corrected chi connectivity index (χ0v) is 19.1. The first-order valence-electron chi connectivity index (χ1n) is 10.5. The van der Waals surface area contributed by atoms with E-state index in [9.17, 15) is 4.79 Å². The van der Waals surface area contributed by atoms with Crippen molar-refractivity contribution in [3.8, 4) is 0 Å². The largest absolute Gasteiger partial charge is 0.369 e. The van der Waals surface area contributed by atoms with Crippen molar-refractivity contribution >= 4 is 45.6 Å². The number of aromatic nitrogens is 3. The molecule has 0 bridgehead atoms. The lowest BCUT2D eigenvalue weighted by Gasteiger charge is -2.27. The van der Waals surface area contributed by atoms with Gasteiger partial charge in [-0.3, -0.25) is 9.20 Å². The van der Waals surface area contributed by atoms with E-state index < -0.39 is 0 Å². The van der Waals surface area contributed by atoms with E-state index in [1.54, 1.807) is 0 Å². The van der Waals surface area contributed by atoms with Crippen LogP contribution in [-0.4, -0.2) is 38.8 Å². The van der Waals surface area contributed by atoms with Gasteiger partial charge in [-0.05, 0) is 69.7 Å². The predicted octanol–water partition coefficient (Wildman–Crippen LogP) is 5.16. The second-order valence-electron chi connectivity index (χ2n) is 7.78. The fourth-order valence-corrected chi connectivity index (χ4v) is 4.63. The van der Waals surface area contributed by atoms with Gasteiger partial charge in [0.05, 0.1) is 11.3 Å². The van der Waals surface area contributed by atoms with E-state index in [1.165, 1.54) is 11.8 Å². The van der Waals surface area contributed by atoms with Gasteiger partial charge >= 0.3 is 0 Å². The zero-order valence-electron chi connectivity index (χ0n) is 18.3. The van der Waals surface area contributed by atoms with Crippen LogP contribution in [0.2, 0.25) is 0 Å². The van der Waals surface area contributed by atoms with Gasteiger partial charge in [-0.25, -0.2) is 0 Å². The molecule has 0 aliphatic rings. The summed E-state index contributed by atoms with van der Waals surface area (Å²) in [6.45, 7) is 9.51. The predicted molar refractivity (Wildman–Crippen MR) is 129 cm³/mol. The number of pyridine rings is 1. The number of nitrogens with zero attached hydrogens (tertiary/aromatic N) is 4. The van der Waals surface area contributed by atoms with E-state index >= 15 is 0 Å². The molecule has 2 aromatic heterocycles. The summed E-state index contributed by atoms with van der Waals surface area (Å²) in [6, 6.07) is 18.6. The van der Waals surface area contributed by atoms with Gasteiger partial charge in [0.2, 0.25) is 5.91 Å². The third kappa shape index (κ3) is 4.37. The smallest absolute Gasteiger partial charge is 0.234 e. The van der Waals surface area contributed by atoms with Gasteiger partial charge in [-0.1, -0.05) is 30.0 Å². The van der Waals surface area contributed by atoms with Gasteiger partial charge in [0, 0.05) is 29.3 Å². The molecule has 4 rings (SSSR count). The first-order chi connectivity index (χ1) is 15.0. The standard InChI is InChI=1S/C24H27N5OS/c1-5-28(16(2)3)19-12-10-18(11-13-19)25-23(30)15-31-24-27-26-22-14-17(4)20-8-6-7-9-21(20)29(22)24/h6-14,16H,5,15H2,1-4H3,(H,25,30). The first kappa shape index (κ1) is 21.2. The number of thioether (sulfide) groups is 1. The molecule has 0 fully saturated rings. The normalized spacial score (nSPS) is 11.4. The molecular formula is C24H27N5OS. The van der Waals surface area contributed by atoms with Crippen LogP contribution in [0.25, 0.3) is 16.6 Å². The van der Waals surface area contributed by atoms with E-state index in [1.807, 2.05) is 46.9 Å². The van der Waals surface area contributed by atoms with Crippen molar-refractivity contribution in [1.82, 2.24) is 14.6 Å². The van der Waals surface area contributed by atoms with Crippen LogP contribution in [0.4, 0.5) is 11.4 Å². The van der Waals surface area contributed by atoms with Crippen molar-refractivity contribution in [3.05, 3.63) is 60.2 Å². The van der Waals surface area contributed by atoms with E-state index in [2.05, 4.69) is 60.2 Å². The Morgan fingerprint density at radius 3 is 2.58 bits per heavy atom. The Kier molecular flexibility index (Phi) is 6.13. The summed E-state index contributed by atoms with van der Waals surface area (Å²) in [4.78, 5) is 14.9. The van der Waals surface area contributed by atoms with Gasteiger partial charge in [0.25, 0.3) is 0 Å². The summed E-state index contributed by atoms with van der Waals surface area (Å²) in [7, 11) is 0. The van der Waals surface area contributed by atoms with E-state index in [4.69, 9.17) is 0 Å². The maximum Gasteiger partial charge on any atom is 0.234 e. The van der Waals surface area contributed by atoms with Gasteiger partial charge < -0.3 is 10.2 Å². The minimum Gasteiger partial charge on any atom is -0.369 e. The minimum atomic E-state index is -0.0675. The molecule has 0 aliphatic heterocycles. The third-order valence-corrected chi connectivity index (χ3v) is 6.28. The first-order valence-corrected chi connectivity index (χ1v) is 11.5. The summed E-state index contributed by atoms with van der Waals surface area (Å²) >= 11 is 1.39. The van der Waals surface area contributed by atoms with Gasteiger partial charge in [0.1, 0.15) is 0 Å². The highest BCUT2D eigenvalue weighted by Crippen LogP contribution is 2.26. The maximum atomic E-state index is 12.5. The van der Waals surface area contributed by atoms with Crippen LogP contribution in [0.15, 0.2) is 59.8 Å². The molecular weight excluding hydrogens is 406 g/mol. The molecule has 0 atom stereocenters. The van der Waals surface area contributed by atoms with E-state index in [-0.39, 0.29) is 11.7 Å². The maximum absolute atomic E-state index is 12.5. The summed E-state index contributed by atoms with van der Waals surface area (Å²) in [5, 5.41) is 13.5. The number of para-hydroxylation sites is 1. The number of rotatable bonds is 7. The molecule has 2 aromatic carbocycles. The Morgan fingerprint density at radius 2 is 1.87 bits per heavy atom. The Labute approximate surface area is 186 Å². The van der Waals surface area contributed by atoms with E-state index in [0.717, 1.165) is 40.0 Å². The number of carbonyl (C=O) groups is 1. The number of carbonyl (C=O) groups excluding carboxylic acids is 1. The monoisotopic (exact) mass is 433 g/mol. The van der Waals surface area contributed by atoms with Crippen LogP contribution >= 0.6 is 11.8 Å². The molecule has 0 saturated heterocycles. The Bertz CT molecular complexity index is 1220. The number of hydrogen-bond donors (Lipinski definition) is 1. The average molecular weight is 434 g/mol. The molecule has 0 radical (unpaired) electrons. The molecule has 0 saturated carbocycles. The summed E-state index contributed by atoms with van der Waals surface area (Å²) < 4.78 is 2.01. The summed E-state index contributed by atoms with van der Waals surface area (Å²) in [5.41, 5.74) is 4.95. The summed E-state index contributed by atoms with van der Waals surface area (Å²) in [5.74, 6) is 0.194. The number of nitrogens with one attached hydrogen (secondary N) is 1. The van der Waals surface area contributed by atoms with Gasteiger partial charge in [0.15, 0.2) is 10.8 Å². The lowest BCUT2D eigenvalue weighted by atomic mass is 10.1. The lowest BCUT2D eigenvalue weighted by molar-refractivity contribution is -0.113. The molecule has 0 unspecified atom stereocenters. The Balaban J connectivity index is 1.46. The van der Waals surface area contributed by atoms with Crippen molar-refractivity contribution in [3.63, 3.8) is 0 Å².